The molecule has 0 saturated carbocycles. The van der Waals surface area contributed by atoms with Crippen molar-refractivity contribution in [3.05, 3.63) is 17.5 Å². The van der Waals surface area contributed by atoms with E-state index in [-0.39, 0.29) is 6.42 Å². The summed E-state index contributed by atoms with van der Waals surface area (Å²) in [5, 5.41) is 4.40. The minimum atomic E-state index is -4.14. The molecule has 5 nitrogen and oxygen atoms in total. The number of hydrogen-bond donors (Lipinski definition) is 0. The summed E-state index contributed by atoms with van der Waals surface area (Å²) in [6.07, 6.45) is -0.568. The van der Waals surface area contributed by atoms with E-state index >= 15 is 0 Å². The lowest BCUT2D eigenvalue weighted by atomic mass is 10.2. The second-order valence-electron chi connectivity index (χ2n) is 6.96. The van der Waals surface area contributed by atoms with Crippen molar-refractivity contribution < 1.29 is 17.9 Å². The second kappa shape index (κ2) is 8.05. The Labute approximate surface area is 146 Å². The Balaban J connectivity index is 1.57. The highest BCUT2D eigenvalue weighted by Gasteiger charge is 2.45. The minimum Gasteiger partial charge on any atom is -0.380 e. The van der Waals surface area contributed by atoms with Gasteiger partial charge in [-0.25, -0.2) is 0 Å². The van der Waals surface area contributed by atoms with Crippen LogP contribution in [0.3, 0.4) is 0 Å². The molecule has 3 heterocycles. The lowest BCUT2D eigenvalue weighted by Gasteiger charge is -2.26. The van der Waals surface area contributed by atoms with Crippen LogP contribution < -0.4 is 0 Å². The maximum Gasteiger partial charge on any atom is 0.404 e. The first-order chi connectivity index (χ1) is 11.9. The molecule has 0 unspecified atom stereocenters. The van der Waals surface area contributed by atoms with Gasteiger partial charge in [0.1, 0.15) is 6.04 Å². The van der Waals surface area contributed by atoms with E-state index in [1.165, 1.54) is 0 Å². The van der Waals surface area contributed by atoms with Crippen molar-refractivity contribution in [2.75, 3.05) is 39.4 Å². The maximum absolute atomic E-state index is 13.1. The Morgan fingerprint density at radius 3 is 2.80 bits per heavy atom. The zero-order chi connectivity index (χ0) is 17.9. The number of ether oxygens (including phenoxy) is 1. The number of rotatable bonds is 5. The fourth-order valence-corrected chi connectivity index (χ4v) is 3.73. The Morgan fingerprint density at radius 2 is 2.00 bits per heavy atom. The summed E-state index contributed by atoms with van der Waals surface area (Å²) >= 11 is 0. The fourth-order valence-electron chi connectivity index (χ4n) is 3.73. The van der Waals surface area contributed by atoms with Crippen molar-refractivity contribution in [2.45, 2.75) is 51.5 Å². The van der Waals surface area contributed by atoms with Gasteiger partial charge in [0.05, 0.1) is 19.3 Å². The normalized spacial score (nSPS) is 23.9. The maximum atomic E-state index is 13.1. The van der Waals surface area contributed by atoms with E-state index in [1.807, 2.05) is 11.6 Å². The molecule has 1 aromatic heterocycles. The largest absolute Gasteiger partial charge is 0.404 e. The molecule has 0 bridgehead atoms. The van der Waals surface area contributed by atoms with E-state index in [0.717, 1.165) is 57.1 Å². The quantitative estimate of drug-likeness (QED) is 0.808. The molecule has 1 aromatic rings. The predicted octanol–water partition coefficient (Wildman–Crippen LogP) is 2.44. The Hall–Kier alpha value is -1.12. The van der Waals surface area contributed by atoms with Gasteiger partial charge in [-0.1, -0.05) is 0 Å². The molecule has 0 aliphatic carbocycles. The van der Waals surface area contributed by atoms with Gasteiger partial charge in [-0.3, -0.25) is 14.5 Å². The van der Waals surface area contributed by atoms with Crippen molar-refractivity contribution >= 4 is 0 Å². The number of alkyl halides is 3. The first-order valence-electron chi connectivity index (χ1n) is 9.07. The predicted molar refractivity (Wildman–Crippen MR) is 88.3 cm³/mol. The molecule has 3 rings (SSSR count). The summed E-state index contributed by atoms with van der Waals surface area (Å²) in [7, 11) is 0. The molecule has 0 amide bonds. The minimum absolute atomic E-state index is 0.202. The van der Waals surface area contributed by atoms with Gasteiger partial charge in [-0.2, -0.15) is 18.3 Å². The first kappa shape index (κ1) is 18.7. The van der Waals surface area contributed by atoms with Crippen molar-refractivity contribution in [1.82, 2.24) is 19.6 Å². The van der Waals surface area contributed by atoms with Crippen LogP contribution in [-0.4, -0.2) is 71.2 Å². The Bertz CT molecular complexity index is 553. The first-order valence-corrected chi connectivity index (χ1v) is 9.07. The van der Waals surface area contributed by atoms with Crippen molar-refractivity contribution in [3.8, 4) is 0 Å². The second-order valence-corrected chi connectivity index (χ2v) is 6.96. The molecule has 142 valence electrons. The molecule has 2 fully saturated rings. The van der Waals surface area contributed by atoms with Crippen LogP contribution in [0.2, 0.25) is 0 Å². The van der Waals surface area contributed by atoms with Gasteiger partial charge >= 0.3 is 6.18 Å². The van der Waals surface area contributed by atoms with E-state index in [4.69, 9.17) is 4.74 Å². The highest BCUT2D eigenvalue weighted by molar-refractivity contribution is 5.16. The van der Waals surface area contributed by atoms with Crippen molar-refractivity contribution in [1.29, 1.82) is 0 Å². The number of halogens is 3. The molecule has 0 radical (unpaired) electrons. The molecule has 0 aromatic carbocycles. The van der Waals surface area contributed by atoms with E-state index in [2.05, 4.69) is 10.00 Å². The SMILES string of the molecule is Cc1c(CN2CCC[C@@H]2C(F)(F)F)cnn1CCN1CCCOCC1. The summed E-state index contributed by atoms with van der Waals surface area (Å²) in [6, 6.07) is -1.31. The zero-order valence-electron chi connectivity index (χ0n) is 14.8. The third-order valence-corrected chi connectivity index (χ3v) is 5.26. The van der Waals surface area contributed by atoms with E-state index in [1.54, 1.807) is 11.1 Å². The van der Waals surface area contributed by atoms with Gasteiger partial charge in [0, 0.05) is 44.0 Å². The van der Waals surface area contributed by atoms with E-state index in [0.29, 0.717) is 19.5 Å². The summed E-state index contributed by atoms with van der Waals surface area (Å²) in [4.78, 5) is 3.90. The Morgan fingerprint density at radius 1 is 1.16 bits per heavy atom. The van der Waals surface area contributed by atoms with Crippen LogP contribution in [-0.2, 0) is 17.8 Å². The van der Waals surface area contributed by atoms with E-state index in [9.17, 15) is 13.2 Å². The third-order valence-electron chi connectivity index (χ3n) is 5.26. The number of likely N-dealkylation sites (tertiary alicyclic amines) is 1. The highest BCUT2D eigenvalue weighted by atomic mass is 19.4. The van der Waals surface area contributed by atoms with Crippen LogP contribution in [0.5, 0.6) is 0 Å². The molecule has 1 atom stereocenters. The lowest BCUT2D eigenvalue weighted by Crippen LogP contribution is -2.40. The standard InChI is InChI=1S/C17H27F3N4O/c1-14-15(13-23-6-2-4-16(23)17(18,19)20)12-21-24(14)8-7-22-5-3-10-25-11-9-22/h12,16H,2-11,13H2,1H3/t16-/m1/s1. The average molecular weight is 360 g/mol. The van der Waals surface area contributed by atoms with Crippen LogP contribution in [0.25, 0.3) is 0 Å². The third kappa shape index (κ3) is 4.74. The van der Waals surface area contributed by atoms with Gasteiger partial charge in [0.15, 0.2) is 0 Å². The number of aromatic nitrogens is 2. The average Bonchev–Trinajstić information content (AvgIpc) is 3.06. The number of nitrogens with zero attached hydrogens (tertiary/aromatic N) is 4. The van der Waals surface area contributed by atoms with E-state index < -0.39 is 12.2 Å². The topological polar surface area (TPSA) is 33.5 Å². The highest BCUT2D eigenvalue weighted by Crippen LogP contribution is 2.33. The molecular weight excluding hydrogens is 333 g/mol. The smallest absolute Gasteiger partial charge is 0.380 e. The molecule has 2 aliphatic heterocycles. The van der Waals surface area contributed by atoms with Crippen LogP contribution in [0.15, 0.2) is 6.20 Å². The van der Waals surface area contributed by atoms with Crippen LogP contribution in [0.1, 0.15) is 30.5 Å². The Kier molecular flexibility index (Phi) is 6.01. The molecular formula is C17H27F3N4O. The van der Waals surface area contributed by atoms with Gasteiger partial charge in [0.25, 0.3) is 0 Å². The fraction of sp³-hybridized carbons (Fsp3) is 0.824. The van der Waals surface area contributed by atoms with Crippen molar-refractivity contribution in [2.24, 2.45) is 0 Å². The summed E-state index contributed by atoms with van der Waals surface area (Å²) in [5.74, 6) is 0. The molecule has 2 saturated heterocycles. The molecule has 25 heavy (non-hydrogen) atoms. The molecule has 2 aliphatic rings. The van der Waals surface area contributed by atoms with Gasteiger partial charge in [0.2, 0.25) is 0 Å². The van der Waals surface area contributed by atoms with Crippen LogP contribution in [0.4, 0.5) is 13.2 Å². The van der Waals surface area contributed by atoms with Gasteiger partial charge in [-0.15, -0.1) is 0 Å². The van der Waals surface area contributed by atoms with Crippen LogP contribution in [0, 0.1) is 6.92 Å². The summed E-state index contributed by atoms with van der Waals surface area (Å²) in [5.41, 5.74) is 1.87. The summed E-state index contributed by atoms with van der Waals surface area (Å²) < 4.78 is 46.7. The summed E-state index contributed by atoms with van der Waals surface area (Å²) in [6.45, 7) is 7.95. The molecule has 8 heteroatoms. The van der Waals surface area contributed by atoms with Crippen LogP contribution >= 0.6 is 0 Å². The lowest BCUT2D eigenvalue weighted by molar-refractivity contribution is -0.177. The van der Waals surface area contributed by atoms with Gasteiger partial charge in [-0.05, 0) is 32.7 Å². The molecule has 0 N–H and O–H groups in total. The van der Waals surface area contributed by atoms with Crippen molar-refractivity contribution in [3.63, 3.8) is 0 Å². The number of hydrogen-bond acceptors (Lipinski definition) is 4. The zero-order valence-corrected chi connectivity index (χ0v) is 14.8. The van der Waals surface area contributed by atoms with Gasteiger partial charge < -0.3 is 4.74 Å². The monoisotopic (exact) mass is 360 g/mol. The molecule has 0 spiro atoms.